The van der Waals surface area contributed by atoms with Crippen LogP contribution in [0.1, 0.15) is 51.2 Å². The number of amides is 1. The molecule has 0 aliphatic carbocycles. The van der Waals surface area contributed by atoms with Gasteiger partial charge in [0.15, 0.2) is 11.3 Å². The smallest absolute Gasteiger partial charge is 0.222 e. The van der Waals surface area contributed by atoms with Crippen LogP contribution in [0.3, 0.4) is 0 Å². The van der Waals surface area contributed by atoms with Crippen LogP contribution in [0.2, 0.25) is 5.02 Å². The number of carbonyl (C=O) groups excluding carboxylic acids is 1. The molecule has 13 heteroatoms. The van der Waals surface area contributed by atoms with Crippen molar-refractivity contribution in [2.24, 2.45) is 4.99 Å². The number of rotatable bonds is 15. The minimum absolute atomic E-state index is 0.0654. The maximum atomic E-state index is 13.2. The largest absolute Gasteiger partial charge is 0.456 e. The zero-order valence-corrected chi connectivity index (χ0v) is 34.0. The second kappa shape index (κ2) is 17.6. The third-order valence-electron chi connectivity index (χ3n) is 10.2. The Balaban J connectivity index is 0.754. The van der Waals surface area contributed by atoms with Gasteiger partial charge in [0.25, 0.3) is 0 Å². The van der Waals surface area contributed by atoms with E-state index in [1.807, 2.05) is 96.4 Å². The van der Waals surface area contributed by atoms with Crippen molar-refractivity contribution in [1.82, 2.24) is 20.1 Å². The van der Waals surface area contributed by atoms with Gasteiger partial charge in [-0.1, -0.05) is 78.3 Å². The fourth-order valence-corrected chi connectivity index (χ4v) is 8.45. The van der Waals surface area contributed by atoms with Crippen molar-refractivity contribution in [1.29, 1.82) is 0 Å². The molecule has 4 aromatic carbocycles. The van der Waals surface area contributed by atoms with Crippen LogP contribution in [0.25, 0.3) is 38.1 Å². The lowest BCUT2D eigenvalue weighted by Gasteiger charge is -2.13. The van der Waals surface area contributed by atoms with E-state index in [4.69, 9.17) is 35.2 Å². The maximum Gasteiger partial charge on any atom is 0.222 e. The first kappa shape index (κ1) is 39.3. The predicted molar refractivity (Wildman–Crippen MR) is 228 cm³/mol. The minimum atomic E-state index is -0.539. The summed E-state index contributed by atoms with van der Waals surface area (Å²) in [4.78, 5) is 32.6. The maximum absolute atomic E-state index is 13.2. The average Bonchev–Trinajstić information content (AvgIpc) is 3.71. The molecule has 1 N–H and O–H groups in total. The lowest BCUT2D eigenvalue weighted by atomic mass is 9.99. The zero-order chi connectivity index (χ0) is 40.2. The van der Waals surface area contributed by atoms with Crippen LogP contribution in [0.4, 0.5) is 0 Å². The number of fused-ring (bicyclic) bond motifs is 6. The Morgan fingerprint density at radius 3 is 2.38 bits per heavy atom. The summed E-state index contributed by atoms with van der Waals surface area (Å²) in [7, 11) is 0. The van der Waals surface area contributed by atoms with Crippen LogP contribution >= 0.6 is 22.9 Å². The molecule has 1 aliphatic rings. The van der Waals surface area contributed by atoms with Crippen LogP contribution in [0.15, 0.2) is 105 Å². The Hall–Kier alpha value is -5.50. The summed E-state index contributed by atoms with van der Waals surface area (Å²) < 4.78 is 25.3. The van der Waals surface area contributed by atoms with Gasteiger partial charge in [-0.05, 0) is 60.9 Å². The molecule has 8 rings (SSSR count). The number of benzene rings is 4. The number of aromatic nitrogens is 3. The van der Waals surface area contributed by atoms with Gasteiger partial charge < -0.3 is 23.9 Å². The summed E-state index contributed by atoms with van der Waals surface area (Å²) in [6, 6.07) is 28.1. The first-order valence-electron chi connectivity index (χ1n) is 19.2. The van der Waals surface area contributed by atoms with Crippen molar-refractivity contribution in [2.45, 2.75) is 39.8 Å². The molecule has 1 amide bonds. The fourth-order valence-electron chi connectivity index (χ4n) is 7.11. The SMILES string of the molecule is Cc1sc2c(c1C)C(c1ccc(Cl)cc1)=N[C@@H](CC(=O)NCCOCCOCCOCc1ccc(-c3cc(=O)c4c(ccc5ccccc54)o3)cc1)c1nnc(C)n1-2. The summed E-state index contributed by atoms with van der Waals surface area (Å²) in [6.07, 6.45) is 0.107. The Labute approximate surface area is 344 Å². The van der Waals surface area contributed by atoms with Gasteiger partial charge in [-0.25, -0.2) is 0 Å². The monoisotopic (exact) mass is 815 g/mol. The van der Waals surface area contributed by atoms with Gasteiger partial charge in [0.2, 0.25) is 5.91 Å². The summed E-state index contributed by atoms with van der Waals surface area (Å²) in [6.45, 7) is 8.87. The zero-order valence-electron chi connectivity index (χ0n) is 32.4. The van der Waals surface area contributed by atoms with Crippen molar-refractivity contribution < 1.29 is 23.4 Å². The molecule has 58 heavy (non-hydrogen) atoms. The molecule has 0 saturated heterocycles. The minimum Gasteiger partial charge on any atom is -0.456 e. The molecule has 0 spiro atoms. The number of carbonyl (C=O) groups is 1. The Kier molecular flexibility index (Phi) is 11.9. The van der Waals surface area contributed by atoms with Crippen molar-refractivity contribution in [3.63, 3.8) is 0 Å². The van der Waals surface area contributed by atoms with Gasteiger partial charge in [0.05, 0.1) is 57.2 Å². The van der Waals surface area contributed by atoms with Crippen LogP contribution in [-0.2, 0) is 25.6 Å². The van der Waals surface area contributed by atoms with E-state index >= 15 is 0 Å². The van der Waals surface area contributed by atoms with E-state index in [1.54, 1.807) is 17.4 Å². The molecule has 3 aromatic heterocycles. The molecule has 0 fully saturated rings. The Morgan fingerprint density at radius 1 is 0.862 bits per heavy atom. The number of thiophene rings is 1. The molecule has 0 bridgehead atoms. The van der Waals surface area contributed by atoms with Crippen molar-refractivity contribution >= 4 is 56.3 Å². The number of nitrogens with one attached hydrogen (secondary N) is 1. The Bertz CT molecular complexity index is 2690. The Morgan fingerprint density at radius 2 is 1.59 bits per heavy atom. The fraction of sp³-hybridized carbons (Fsp3) is 0.267. The molecule has 296 valence electrons. The number of ether oxygens (including phenoxy) is 3. The number of hydrogen-bond donors (Lipinski definition) is 1. The van der Waals surface area contributed by atoms with E-state index in [2.05, 4.69) is 29.4 Å². The quantitative estimate of drug-likeness (QED) is 0.0806. The molecule has 0 saturated carbocycles. The van der Waals surface area contributed by atoms with E-state index in [-0.39, 0.29) is 17.8 Å². The van der Waals surface area contributed by atoms with Crippen LogP contribution in [0.5, 0.6) is 0 Å². The topological polar surface area (TPSA) is 130 Å². The van der Waals surface area contributed by atoms with Gasteiger partial charge in [-0.3, -0.25) is 19.1 Å². The van der Waals surface area contributed by atoms with Gasteiger partial charge in [0.1, 0.15) is 28.2 Å². The molecular formula is C45H42ClN5O6S. The molecule has 11 nitrogen and oxygen atoms in total. The third-order valence-corrected chi connectivity index (χ3v) is 11.6. The van der Waals surface area contributed by atoms with E-state index < -0.39 is 6.04 Å². The van der Waals surface area contributed by atoms with E-state index in [1.165, 1.54) is 4.88 Å². The van der Waals surface area contributed by atoms with E-state index in [9.17, 15) is 9.59 Å². The standard InChI is InChI=1S/C45H42ClN5O6S/c1-27-28(2)58-45-41(27)43(33-12-15-34(46)16-13-33)48-36(44-50-49-29(3)51(44)45)24-40(53)47-18-19-54-20-21-55-22-23-56-26-30-8-10-32(11-9-30)39-25-37(52)42-35-7-5-4-6-31(35)14-17-38(42)57-39/h4-17,25,36H,18-24,26H2,1-3H3,(H,47,53)/t36-/m0/s1. The number of hydrogen-bond acceptors (Lipinski definition) is 10. The molecular weight excluding hydrogens is 774 g/mol. The van der Waals surface area contributed by atoms with Crippen molar-refractivity contribution in [3.05, 3.63) is 145 Å². The highest BCUT2D eigenvalue weighted by molar-refractivity contribution is 7.15. The van der Waals surface area contributed by atoms with Gasteiger partial charge >= 0.3 is 0 Å². The van der Waals surface area contributed by atoms with Crippen LogP contribution in [0, 0.1) is 20.8 Å². The summed E-state index contributed by atoms with van der Waals surface area (Å²) in [5.41, 5.74) is 6.21. The third kappa shape index (κ3) is 8.38. The number of halogens is 1. The molecule has 4 heterocycles. The van der Waals surface area contributed by atoms with E-state index in [0.717, 1.165) is 55.1 Å². The summed E-state index contributed by atoms with van der Waals surface area (Å²) in [5, 5.41) is 15.9. The molecule has 0 unspecified atom stereocenters. The highest BCUT2D eigenvalue weighted by Gasteiger charge is 2.32. The lowest BCUT2D eigenvalue weighted by Crippen LogP contribution is -2.29. The van der Waals surface area contributed by atoms with Gasteiger partial charge in [0, 0.05) is 39.2 Å². The molecule has 7 aromatic rings. The normalized spacial score (nSPS) is 13.7. The lowest BCUT2D eigenvalue weighted by molar-refractivity contribution is -0.121. The highest BCUT2D eigenvalue weighted by atomic mass is 35.5. The summed E-state index contributed by atoms with van der Waals surface area (Å²) >= 11 is 7.90. The highest BCUT2D eigenvalue weighted by Crippen LogP contribution is 2.39. The van der Waals surface area contributed by atoms with Gasteiger partial charge in [-0.2, -0.15) is 0 Å². The van der Waals surface area contributed by atoms with Crippen LogP contribution < -0.4 is 10.7 Å². The van der Waals surface area contributed by atoms with Gasteiger partial charge in [-0.15, -0.1) is 21.5 Å². The van der Waals surface area contributed by atoms with Crippen molar-refractivity contribution in [2.75, 3.05) is 39.6 Å². The first-order chi connectivity index (χ1) is 28.2. The second-order valence-corrected chi connectivity index (χ2v) is 15.7. The molecule has 1 aliphatic heterocycles. The average molecular weight is 816 g/mol. The molecule has 0 radical (unpaired) electrons. The first-order valence-corrected chi connectivity index (χ1v) is 20.4. The predicted octanol–water partition coefficient (Wildman–Crippen LogP) is 8.48. The van der Waals surface area contributed by atoms with Crippen LogP contribution in [-0.4, -0.2) is 66.0 Å². The second-order valence-electron chi connectivity index (χ2n) is 14.1. The molecule has 1 atom stereocenters. The van der Waals surface area contributed by atoms with Crippen molar-refractivity contribution in [3.8, 4) is 16.3 Å². The van der Waals surface area contributed by atoms with E-state index in [0.29, 0.717) is 73.8 Å². The summed E-state index contributed by atoms with van der Waals surface area (Å²) in [5.74, 6) is 1.75. The number of nitrogens with zero attached hydrogens (tertiary/aromatic N) is 4. The number of aryl methyl sites for hydroxylation is 2. The number of aliphatic imine (C=N–C) groups is 1.